The second kappa shape index (κ2) is 1.69. The fraction of sp³-hybridized carbons (Fsp3) is 1.00. The van der Waals surface area contributed by atoms with Gasteiger partial charge in [0.05, 0.1) is 0 Å². The van der Waals surface area contributed by atoms with Crippen molar-refractivity contribution >= 4 is 0 Å². The number of nitrogens with one attached hydrogen (secondary N) is 3. The van der Waals surface area contributed by atoms with Crippen molar-refractivity contribution in [2.24, 2.45) is 0 Å². The molecule has 2 aliphatic rings. The summed E-state index contributed by atoms with van der Waals surface area (Å²) in [6, 6.07) is 1.41. The molecule has 3 N–H and O–H groups in total. The van der Waals surface area contributed by atoms with Crippen molar-refractivity contribution in [2.75, 3.05) is 19.8 Å². The normalized spacial score (nSPS) is 45.0. The third-order valence-corrected chi connectivity index (χ3v) is 1.94. The summed E-state index contributed by atoms with van der Waals surface area (Å²) < 4.78 is 0. The Kier molecular flexibility index (Phi) is 0.997. The Morgan fingerprint density at radius 1 is 1.00 bits per heavy atom. The minimum absolute atomic E-state index is 0.704. The van der Waals surface area contributed by atoms with Gasteiger partial charge in [0.25, 0.3) is 0 Å². The molecular weight excluding hydrogens is 102 g/mol. The average Bonchev–Trinajstić information content (AvgIpc) is 2.15. The van der Waals surface area contributed by atoms with Gasteiger partial charge < -0.3 is 5.32 Å². The van der Waals surface area contributed by atoms with E-state index in [9.17, 15) is 0 Å². The first-order valence-electron chi connectivity index (χ1n) is 3.14. The van der Waals surface area contributed by atoms with Crippen molar-refractivity contribution in [2.45, 2.75) is 12.1 Å². The smallest absolute Gasteiger partial charge is 0.0460 e. The van der Waals surface area contributed by atoms with Crippen LogP contribution in [-0.2, 0) is 0 Å². The highest BCUT2D eigenvalue weighted by atomic mass is 15.2. The molecule has 3 nitrogen and oxygen atoms in total. The van der Waals surface area contributed by atoms with Crippen molar-refractivity contribution < 1.29 is 0 Å². The van der Waals surface area contributed by atoms with E-state index in [1.165, 1.54) is 0 Å². The summed E-state index contributed by atoms with van der Waals surface area (Å²) in [5.41, 5.74) is 0. The molecule has 0 aromatic carbocycles. The molecule has 0 aromatic rings. The summed E-state index contributed by atoms with van der Waals surface area (Å²) in [7, 11) is 0. The highest BCUT2D eigenvalue weighted by Crippen LogP contribution is 2.02. The maximum Gasteiger partial charge on any atom is 0.0460 e. The van der Waals surface area contributed by atoms with Gasteiger partial charge in [-0.05, 0) is 0 Å². The molecule has 46 valence electrons. The van der Waals surface area contributed by atoms with Crippen LogP contribution in [0.25, 0.3) is 0 Å². The maximum absolute atomic E-state index is 3.34. The van der Waals surface area contributed by atoms with E-state index in [2.05, 4.69) is 16.0 Å². The standard InChI is InChI=1S/C5H11N3/c1-4-5(2-6-1)8-3-7-4/h4-8H,1-3H2. The van der Waals surface area contributed by atoms with Crippen LogP contribution >= 0.6 is 0 Å². The Labute approximate surface area is 48.8 Å². The molecule has 2 saturated heterocycles. The molecule has 0 amide bonds. The molecule has 3 heteroatoms. The van der Waals surface area contributed by atoms with E-state index in [1.807, 2.05) is 0 Å². The first-order chi connectivity index (χ1) is 3.97. The molecule has 2 aliphatic heterocycles. The first-order valence-corrected chi connectivity index (χ1v) is 3.14. The lowest BCUT2D eigenvalue weighted by Crippen LogP contribution is -2.31. The summed E-state index contributed by atoms with van der Waals surface area (Å²) in [5, 5.41) is 9.99. The summed E-state index contributed by atoms with van der Waals surface area (Å²) >= 11 is 0. The van der Waals surface area contributed by atoms with Gasteiger partial charge >= 0.3 is 0 Å². The third kappa shape index (κ3) is 0.555. The lowest BCUT2D eigenvalue weighted by Gasteiger charge is -2.03. The zero-order valence-electron chi connectivity index (χ0n) is 4.78. The highest BCUT2D eigenvalue weighted by molar-refractivity contribution is 4.95. The molecule has 0 radical (unpaired) electrons. The molecular formula is C5H11N3. The van der Waals surface area contributed by atoms with Gasteiger partial charge in [-0.3, -0.25) is 10.6 Å². The van der Waals surface area contributed by atoms with E-state index in [1.54, 1.807) is 0 Å². The number of rotatable bonds is 0. The Morgan fingerprint density at radius 3 is 2.25 bits per heavy atom. The minimum atomic E-state index is 0.704. The SMILES string of the molecule is C1NC2CNCC2N1. The van der Waals surface area contributed by atoms with Gasteiger partial charge in [-0.25, -0.2) is 0 Å². The molecule has 0 spiro atoms. The van der Waals surface area contributed by atoms with E-state index in [4.69, 9.17) is 0 Å². The van der Waals surface area contributed by atoms with Crippen LogP contribution in [0.1, 0.15) is 0 Å². The lowest BCUT2D eigenvalue weighted by atomic mass is 10.2. The van der Waals surface area contributed by atoms with E-state index < -0.39 is 0 Å². The molecule has 0 aromatic heterocycles. The van der Waals surface area contributed by atoms with Crippen LogP contribution in [-0.4, -0.2) is 31.8 Å². The average molecular weight is 113 g/mol. The second-order valence-electron chi connectivity index (χ2n) is 2.46. The summed E-state index contributed by atoms with van der Waals surface area (Å²) in [4.78, 5) is 0. The molecule has 2 fully saturated rings. The Hall–Kier alpha value is -0.120. The van der Waals surface area contributed by atoms with E-state index in [0.29, 0.717) is 12.1 Å². The zero-order chi connectivity index (χ0) is 5.40. The van der Waals surface area contributed by atoms with Crippen molar-refractivity contribution in [3.05, 3.63) is 0 Å². The van der Waals surface area contributed by atoms with E-state index in [0.717, 1.165) is 19.8 Å². The largest absolute Gasteiger partial charge is 0.314 e. The maximum atomic E-state index is 3.34. The molecule has 2 rings (SSSR count). The van der Waals surface area contributed by atoms with Crippen LogP contribution in [0.5, 0.6) is 0 Å². The van der Waals surface area contributed by atoms with Gasteiger partial charge in [0.2, 0.25) is 0 Å². The summed E-state index contributed by atoms with van der Waals surface area (Å²) in [6.45, 7) is 3.27. The van der Waals surface area contributed by atoms with Gasteiger partial charge in [0.15, 0.2) is 0 Å². The minimum Gasteiger partial charge on any atom is -0.314 e. The van der Waals surface area contributed by atoms with Crippen molar-refractivity contribution in [3.8, 4) is 0 Å². The summed E-state index contributed by atoms with van der Waals surface area (Å²) in [6.07, 6.45) is 0. The topological polar surface area (TPSA) is 36.1 Å². The molecule has 0 aliphatic carbocycles. The quantitative estimate of drug-likeness (QED) is 0.357. The fourth-order valence-electron chi connectivity index (χ4n) is 1.43. The van der Waals surface area contributed by atoms with E-state index in [-0.39, 0.29) is 0 Å². The molecule has 2 heterocycles. The fourth-order valence-corrected chi connectivity index (χ4v) is 1.43. The van der Waals surface area contributed by atoms with Crippen LogP contribution in [0.2, 0.25) is 0 Å². The van der Waals surface area contributed by atoms with Crippen LogP contribution in [0.15, 0.2) is 0 Å². The zero-order valence-corrected chi connectivity index (χ0v) is 4.78. The van der Waals surface area contributed by atoms with Crippen molar-refractivity contribution in [3.63, 3.8) is 0 Å². The van der Waals surface area contributed by atoms with Gasteiger partial charge in [-0.15, -0.1) is 0 Å². The molecule has 0 saturated carbocycles. The van der Waals surface area contributed by atoms with Crippen molar-refractivity contribution in [1.82, 2.24) is 16.0 Å². The van der Waals surface area contributed by atoms with E-state index >= 15 is 0 Å². The summed E-state index contributed by atoms with van der Waals surface area (Å²) in [5.74, 6) is 0. The Balaban J connectivity index is 2.04. The highest BCUT2D eigenvalue weighted by Gasteiger charge is 2.29. The van der Waals surface area contributed by atoms with Crippen LogP contribution in [0.3, 0.4) is 0 Å². The molecule has 2 unspecified atom stereocenters. The van der Waals surface area contributed by atoms with Gasteiger partial charge in [0, 0.05) is 31.8 Å². The monoisotopic (exact) mass is 113 g/mol. The molecule has 8 heavy (non-hydrogen) atoms. The predicted molar refractivity (Wildman–Crippen MR) is 31.6 cm³/mol. The van der Waals surface area contributed by atoms with Crippen LogP contribution in [0.4, 0.5) is 0 Å². The number of fused-ring (bicyclic) bond motifs is 1. The Bertz CT molecular complexity index is 73.7. The van der Waals surface area contributed by atoms with Gasteiger partial charge in [-0.1, -0.05) is 0 Å². The lowest BCUT2D eigenvalue weighted by molar-refractivity contribution is 0.620. The van der Waals surface area contributed by atoms with Crippen LogP contribution < -0.4 is 16.0 Å². The van der Waals surface area contributed by atoms with Gasteiger partial charge in [0.1, 0.15) is 0 Å². The van der Waals surface area contributed by atoms with Crippen molar-refractivity contribution in [1.29, 1.82) is 0 Å². The van der Waals surface area contributed by atoms with Crippen LogP contribution in [0, 0.1) is 0 Å². The second-order valence-corrected chi connectivity index (χ2v) is 2.46. The predicted octanol–water partition coefficient (Wildman–Crippen LogP) is -1.52. The Morgan fingerprint density at radius 2 is 1.62 bits per heavy atom. The molecule has 2 atom stereocenters. The van der Waals surface area contributed by atoms with Gasteiger partial charge in [-0.2, -0.15) is 0 Å². The third-order valence-electron chi connectivity index (χ3n) is 1.94. The molecule has 0 bridgehead atoms. The first kappa shape index (κ1) is 4.73. The number of hydrogen-bond donors (Lipinski definition) is 3. The number of hydrogen-bond acceptors (Lipinski definition) is 3.